The fraction of sp³-hybridized carbons (Fsp3) is 0.625. The number of carbonyl (C=O) groups is 6. The van der Waals surface area contributed by atoms with Crippen molar-refractivity contribution in [3.63, 3.8) is 0 Å². The number of carboxylic acid groups (broad SMARTS) is 2. The van der Waals surface area contributed by atoms with Crippen LogP contribution in [0, 0.1) is 0 Å². The van der Waals surface area contributed by atoms with E-state index in [-0.39, 0.29) is 51.4 Å². The summed E-state index contributed by atoms with van der Waals surface area (Å²) in [6, 6.07) is 0. The van der Waals surface area contributed by atoms with E-state index in [1.54, 1.807) is 0 Å². The fourth-order valence-electron chi connectivity index (χ4n) is 3.42. The number of carboxylic acids is 2. The van der Waals surface area contributed by atoms with Crippen molar-refractivity contribution in [1.82, 2.24) is 9.80 Å². The normalized spacial score (nSPS) is 18.2. The van der Waals surface area contributed by atoms with Gasteiger partial charge in [-0.3, -0.25) is 24.0 Å². The molecule has 0 aromatic heterocycles. The molecule has 0 spiro atoms. The van der Waals surface area contributed by atoms with Gasteiger partial charge in [-0.1, -0.05) is 6.42 Å². The first-order chi connectivity index (χ1) is 12.2. The quantitative estimate of drug-likeness (QED) is 0.430. The Morgan fingerprint density at radius 2 is 1.19 bits per heavy atom. The van der Waals surface area contributed by atoms with Crippen LogP contribution in [0.1, 0.15) is 57.8 Å². The molecule has 2 heterocycles. The lowest BCUT2D eigenvalue weighted by molar-refractivity contribution is -0.184. The topological polar surface area (TPSA) is 149 Å². The first-order valence-corrected chi connectivity index (χ1v) is 8.38. The Labute approximate surface area is 148 Å². The van der Waals surface area contributed by atoms with Gasteiger partial charge in [0.25, 0.3) is 0 Å². The smallest absolute Gasteiger partial charge is 0.351 e. The van der Waals surface area contributed by atoms with E-state index in [1.807, 2.05) is 0 Å². The molecule has 142 valence electrons. The second-order valence-corrected chi connectivity index (χ2v) is 6.32. The van der Waals surface area contributed by atoms with Gasteiger partial charge in [0.15, 0.2) is 0 Å². The van der Waals surface area contributed by atoms with Crippen LogP contribution in [0.2, 0.25) is 0 Å². The van der Waals surface area contributed by atoms with Crippen molar-refractivity contribution in [3.05, 3.63) is 0 Å². The molecule has 0 aromatic carbocycles. The van der Waals surface area contributed by atoms with Crippen LogP contribution in [0.15, 0.2) is 0 Å². The Morgan fingerprint density at radius 3 is 1.54 bits per heavy atom. The second kappa shape index (κ2) is 7.63. The number of hydrogen-bond donors (Lipinski definition) is 2. The highest BCUT2D eigenvalue weighted by molar-refractivity contribution is 6.11. The Hall–Kier alpha value is -2.78. The fourth-order valence-corrected chi connectivity index (χ4v) is 3.42. The molecule has 2 saturated heterocycles. The zero-order valence-corrected chi connectivity index (χ0v) is 14.1. The monoisotopic (exact) mass is 368 g/mol. The highest BCUT2D eigenvalue weighted by Gasteiger charge is 2.60. The van der Waals surface area contributed by atoms with E-state index in [0.717, 1.165) is 0 Å². The van der Waals surface area contributed by atoms with Crippen molar-refractivity contribution in [1.29, 1.82) is 0 Å². The molecular weight excluding hydrogens is 348 g/mol. The molecule has 0 atom stereocenters. The molecule has 0 saturated carbocycles. The van der Waals surface area contributed by atoms with Crippen LogP contribution in [0.4, 0.5) is 0 Å². The molecule has 2 aliphatic heterocycles. The molecule has 2 N–H and O–H groups in total. The number of likely N-dealkylation sites (tertiary alicyclic amines) is 2. The van der Waals surface area contributed by atoms with Crippen molar-refractivity contribution >= 4 is 35.6 Å². The third-order valence-electron chi connectivity index (χ3n) is 4.60. The second-order valence-electron chi connectivity index (χ2n) is 6.32. The van der Waals surface area contributed by atoms with E-state index in [4.69, 9.17) is 5.11 Å². The van der Waals surface area contributed by atoms with Crippen LogP contribution in [-0.4, -0.2) is 61.2 Å². The summed E-state index contributed by atoms with van der Waals surface area (Å²) >= 11 is 0. The van der Waals surface area contributed by atoms with Gasteiger partial charge in [0, 0.05) is 38.5 Å². The van der Waals surface area contributed by atoms with E-state index in [1.165, 1.54) is 0 Å². The SMILES string of the molecule is O=C(O)CCCCCC(C(=O)O)(N1C(=O)CCC1=O)N1C(=O)CCC1=O. The van der Waals surface area contributed by atoms with Gasteiger partial charge in [-0.25, -0.2) is 14.6 Å². The summed E-state index contributed by atoms with van der Waals surface area (Å²) in [6.45, 7) is 0. The lowest BCUT2D eigenvalue weighted by atomic mass is 9.96. The lowest BCUT2D eigenvalue weighted by Gasteiger charge is -2.42. The van der Waals surface area contributed by atoms with Gasteiger partial charge in [0.2, 0.25) is 29.3 Å². The minimum atomic E-state index is -2.38. The highest BCUT2D eigenvalue weighted by atomic mass is 16.4. The highest BCUT2D eigenvalue weighted by Crippen LogP contribution is 2.36. The zero-order chi connectivity index (χ0) is 19.5. The van der Waals surface area contributed by atoms with Crippen LogP contribution >= 0.6 is 0 Å². The summed E-state index contributed by atoms with van der Waals surface area (Å²) in [4.78, 5) is 72.6. The van der Waals surface area contributed by atoms with Gasteiger partial charge in [-0.05, 0) is 12.8 Å². The molecule has 26 heavy (non-hydrogen) atoms. The largest absolute Gasteiger partial charge is 0.481 e. The number of imide groups is 2. The number of unbranched alkanes of at least 4 members (excludes halogenated alkanes) is 2. The predicted octanol–water partition coefficient (Wildman–Crippen LogP) is 0.100. The molecule has 0 bridgehead atoms. The molecule has 10 heteroatoms. The first kappa shape index (κ1) is 19.5. The number of hydrogen-bond acceptors (Lipinski definition) is 6. The Kier molecular flexibility index (Phi) is 5.73. The van der Waals surface area contributed by atoms with Crippen LogP contribution in [0.5, 0.6) is 0 Å². The molecule has 2 aliphatic rings. The van der Waals surface area contributed by atoms with Crippen molar-refractivity contribution in [3.8, 4) is 0 Å². The van der Waals surface area contributed by atoms with Crippen molar-refractivity contribution in [2.24, 2.45) is 0 Å². The summed E-state index contributed by atoms with van der Waals surface area (Å²) < 4.78 is 0. The van der Waals surface area contributed by atoms with Gasteiger partial charge in [-0.2, -0.15) is 0 Å². The summed E-state index contributed by atoms with van der Waals surface area (Å²) in [6.07, 6.45) is -0.422. The molecule has 4 amide bonds. The van der Waals surface area contributed by atoms with Gasteiger partial charge in [-0.15, -0.1) is 0 Å². The molecular formula is C16H20N2O8. The van der Waals surface area contributed by atoms with E-state index < -0.39 is 41.2 Å². The Morgan fingerprint density at radius 1 is 0.769 bits per heavy atom. The van der Waals surface area contributed by atoms with E-state index in [0.29, 0.717) is 16.2 Å². The summed E-state index contributed by atoms with van der Waals surface area (Å²) in [5, 5.41) is 18.5. The molecule has 2 rings (SSSR count). The molecule has 0 unspecified atom stereocenters. The van der Waals surface area contributed by atoms with E-state index >= 15 is 0 Å². The van der Waals surface area contributed by atoms with Crippen LogP contribution in [0.25, 0.3) is 0 Å². The van der Waals surface area contributed by atoms with Gasteiger partial charge in [0.1, 0.15) is 0 Å². The standard InChI is InChI=1S/C16H20N2O8/c19-10-5-6-11(20)17(10)16(15(25)26,9-3-1-2-4-14(23)24)18-12(21)7-8-13(18)22/h1-9H2,(H,23,24)(H,25,26). The van der Waals surface area contributed by atoms with E-state index in [2.05, 4.69) is 0 Å². The number of aliphatic carboxylic acids is 2. The minimum absolute atomic E-state index is 0.108. The average Bonchev–Trinajstić information content (AvgIpc) is 3.06. The van der Waals surface area contributed by atoms with Crippen molar-refractivity contribution in [2.75, 3.05) is 0 Å². The number of rotatable bonds is 9. The number of nitrogens with zero attached hydrogens (tertiary/aromatic N) is 2. The van der Waals surface area contributed by atoms with Crippen molar-refractivity contribution < 1.29 is 39.0 Å². The van der Waals surface area contributed by atoms with Crippen LogP contribution in [-0.2, 0) is 28.8 Å². The molecule has 0 aromatic rings. The van der Waals surface area contributed by atoms with Gasteiger partial charge < -0.3 is 10.2 Å². The minimum Gasteiger partial charge on any atom is -0.481 e. The lowest BCUT2D eigenvalue weighted by Crippen LogP contribution is -2.68. The predicted molar refractivity (Wildman–Crippen MR) is 83.3 cm³/mol. The molecule has 0 aliphatic carbocycles. The van der Waals surface area contributed by atoms with Crippen molar-refractivity contribution in [2.45, 2.75) is 63.5 Å². The molecule has 2 fully saturated rings. The number of carbonyl (C=O) groups excluding carboxylic acids is 4. The maximum Gasteiger partial charge on any atom is 0.351 e. The third kappa shape index (κ3) is 3.44. The summed E-state index contributed by atoms with van der Waals surface area (Å²) in [5.74, 6) is -5.58. The zero-order valence-electron chi connectivity index (χ0n) is 14.1. The van der Waals surface area contributed by atoms with Gasteiger partial charge >= 0.3 is 11.9 Å². The third-order valence-corrected chi connectivity index (χ3v) is 4.60. The van der Waals surface area contributed by atoms with E-state index in [9.17, 15) is 33.9 Å². The molecule has 0 radical (unpaired) electrons. The maximum atomic E-state index is 12.2. The van der Waals surface area contributed by atoms with Crippen LogP contribution < -0.4 is 0 Å². The maximum absolute atomic E-state index is 12.2. The Bertz CT molecular complexity index is 603. The molecule has 10 nitrogen and oxygen atoms in total. The van der Waals surface area contributed by atoms with Crippen LogP contribution in [0.3, 0.4) is 0 Å². The Balaban J connectivity index is 2.35. The van der Waals surface area contributed by atoms with Gasteiger partial charge in [0.05, 0.1) is 0 Å². The average molecular weight is 368 g/mol. The summed E-state index contributed by atoms with van der Waals surface area (Å²) in [7, 11) is 0. The first-order valence-electron chi connectivity index (χ1n) is 8.38. The number of amides is 4. The summed E-state index contributed by atoms with van der Waals surface area (Å²) in [5.41, 5.74) is -2.38.